The lowest BCUT2D eigenvalue weighted by Gasteiger charge is -2.26. The number of carbonyl (C=O) groups excluding carboxylic acids is 3. The molecule has 0 aromatic heterocycles. The van der Waals surface area contributed by atoms with Gasteiger partial charge in [-0.1, -0.05) is 29.8 Å². The quantitative estimate of drug-likeness (QED) is 0.161. The molecule has 1 N–H and O–H groups in total. The van der Waals surface area contributed by atoms with Crippen LogP contribution in [-0.4, -0.2) is 29.9 Å². The molecule has 1 heterocycles. The summed E-state index contributed by atoms with van der Waals surface area (Å²) in [6.07, 6.45) is 0. The van der Waals surface area contributed by atoms with Crippen molar-refractivity contribution in [2.45, 2.75) is 26.8 Å². The Hall–Kier alpha value is -4.10. The molecule has 1 aliphatic rings. The summed E-state index contributed by atoms with van der Waals surface area (Å²) in [4.78, 5) is 39.6. The summed E-state index contributed by atoms with van der Waals surface area (Å²) < 4.78 is 10.4. The molecule has 3 aromatic rings. The number of rotatable bonds is 5. The third-order valence-corrected chi connectivity index (χ3v) is 6.37. The van der Waals surface area contributed by atoms with Crippen molar-refractivity contribution in [3.8, 4) is 11.5 Å². The molecule has 36 heavy (non-hydrogen) atoms. The predicted octanol–water partition coefficient (Wildman–Crippen LogP) is 5.52. The number of esters is 1. The van der Waals surface area contributed by atoms with Crippen LogP contribution in [-0.2, 0) is 14.4 Å². The van der Waals surface area contributed by atoms with Crippen molar-refractivity contribution < 1.29 is 29.0 Å². The molecule has 1 fully saturated rings. The molecule has 7 nitrogen and oxygen atoms in total. The van der Waals surface area contributed by atoms with Crippen LogP contribution in [0.3, 0.4) is 0 Å². The van der Waals surface area contributed by atoms with Gasteiger partial charge in [-0.25, -0.2) is 0 Å². The molecule has 0 bridgehead atoms. The lowest BCUT2D eigenvalue weighted by molar-refractivity contribution is -0.132. The largest absolute Gasteiger partial charge is 0.507 e. The summed E-state index contributed by atoms with van der Waals surface area (Å²) in [6, 6.07) is 15.5. The van der Waals surface area contributed by atoms with E-state index in [1.807, 2.05) is 26.0 Å². The predicted molar refractivity (Wildman–Crippen MR) is 136 cm³/mol. The summed E-state index contributed by atoms with van der Waals surface area (Å²) in [5.74, 6) is -1.88. The number of ether oxygens (including phenoxy) is 2. The zero-order valence-electron chi connectivity index (χ0n) is 20.2. The third-order valence-electron chi connectivity index (χ3n) is 6.07. The molecule has 1 saturated heterocycles. The minimum Gasteiger partial charge on any atom is -0.507 e. The molecule has 0 saturated carbocycles. The Balaban J connectivity index is 1.95. The van der Waals surface area contributed by atoms with Crippen LogP contribution in [0.1, 0.15) is 35.2 Å². The number of aryl methyl sites for hydroxylation is 2. The fourth-order valence-electron chi connectivity index (χ4n) is 4.17. The average molecular weight is 506 g/mol. The maximum absolute atomic E-state index is 13.4. The summed E-state index contributed by atoms with van der Waals surface area (Å²) in [5.41, 5.74) is 3.07. The molecule has 184 valence electrons. The molecule has 0 spiro atoms. The number of amides is 1. The number of hydrogen-bond donors (Lipinski definition) is 1. The van der Waals surface area contributed by atoms with Crippen LogP contribution in [0, 0.1) is 13.8 Å². The maximum Gasteiger partial charge on any atom is 0.308 e. The van der Waals surface area contributed by atoms with Gasteiger partial charge in [-0.2, -0.15) is 0 Å². The monoisotopic (exact) mass is 505 g/mol. The SMILES string of the molecule is COc1ccc(/C(O)=C2\C(=O)C(=O)N(c3ccc(C)c(C)c3)C2c2cccc(OC(C)=O)c2)cc1Cl. The molecule has 3 aromatic carbocycles. The van der Waals surface area contributed by atoms with E-state index in [2.05, 4.69) is 0 Å². The molecule has 0 radical (unpaired) electrons. The van der Waals surface area contributed by atoms with Crippen LogP contribution >= 0.6 is 11.6 Å². The zero-order valence-corrected chi connectivity index (χ0v) is 20.9. The first-order valence-corrected chi connectivity index (χ1v) is 11.5. The number of anilines is 1. The van der Waals surface area contributed by atoms with E-state index < -0.39 is 23.7 Å². The molecule has 1 unspecified atom stereocenters. The van der Waals surface area contributed by atoms with Crippen molar-refractivity contribution in [2.24, 2.45) is 0 Å². The highest BCUT2D eigenvalue weighted by atomic mass is 35.5. The number of Topliss-reactive ketones (excluding diaryl/α,β-unsaturated/α-hetero) is 1. The van der Waals surface area contributed by atoms with Crippen LogP contribution in [0.4, 0.5) is 5.69 Å². The van der Waals surface area contributed by atoms with Crippen molar-refractivity contribution in [3.05, 3.63) is 93.5 Å². The van der Waals surface area contributed by atoms with Crippen molar-refractivity contribution in [3.63, 3.8) is 0 Å². The minimum atomic E-state index is -0.983. The number of benzene rings is 3. The minimum absolute atomic E-state index is 0.112. The summed E-state index contributed by atoms with van der Waals surface area (Å²) >= 11 is 6.26. The van der Waals surface area contributed by atoms with Crippen LogP contribution in [0.2, 0.25) is 5.02 Å². The zero-order chi connectivity index (χ0) is 26.1. The number of aliphatic hydroxyl groups is 1. The lowest BCUT2D eigenvalue weighted by Crippen LogP contribution is -2.29. The van der Waals surface area contributed by atoms with E-state index in [1.165, 1.54) is 25.0 Å². The molecule has 4 rings (SSSR count). The van der Waals surface area contributed by atoms with Crippen LogP contribution in [0.5, 0.6) is 11.5 Å². The smallest absolute Gasteiger partial charge is 0.308 e. The van der Waals surface area contributed by atoms with Gasteiger partial charge in [-0.05, 0) is 73.0 Å². The first-order valence-electron chi connectivity index (χ1n) is 11.1. The Labute approximate surface area is 213 Å². The van der Waals surface area contributed by atoms with Crippen LogP contribution in [0.25, 0.3) is 5.76 Å². The first-order chi connectivity index (χ1) is 17.1. The van der Waals surface area contributed by atoms with Gasteiger partial charge in [-0.3, -0.25) is 19.3 Å². The van der Waals surface area contributed by atoms with Crippen LogP contribution in [0.15, 0.2) is 66.2 Å². The highest BCUT2D eigenvalue weighted by Gasteiger charge is 2.47. The number of methoxy groups -OCH3 is 1. The Morgan fingerprint density at radius 1 is 1.00 bits per heavy atom. The molecule has 1 atom stereocenters. The van der Waals surface area contributed by atoms with Gasteiger partial charge in [0.1, 0.15) is 17.3 Å². The van der Waals surface area contributed by atoms with Gasteiger partial charge in [0.05, 0.1) is 23.7 Å². The molecular formula is C28H24ClNO6. The summed E-state index contributed by atoms with van der Waals surface area (Å²) in [5, 5.41) is 11.5. The fraction of sp³-hybridized carbons (Fsp3) is 0.179. The van der Waals surface area contributed by atoms with Crippen molar-refractivity contribution in [2.75, 3.05) is 12.0 Å². The average Bonchev–Trinajstić information content (AvgIpc) is 3.10. The molecule has 1 aliphatic heterocycles. The summed E-state index contributed by atoms with van der Waals surface area (Å²) in [6.45, 7) is 5.13. The normalized spacial score (nSPS) is 16.8. The number of aliphatic hydroxyl groups excluding tert-OH is 1. The van der Waals surface area contributed by atoms with E-state index >= 15 is 0 Å². The van der Waals surface area contributed by atoms with E-state index in [0.29, 0.717) is 17.0 Å². The van der Waals surface area contributed by atoms with Crippen LogP contribution < -0.4 is 14.4 Å². The lowest BCUT2D eigenvalue weighted by atomic mass is 9.94. The number of nitrogens with zero attached hydrogens (tertiary/aromatic N) is 1. The maximum atomic E-state index is 13.4. The number of ketones is 1. The van der Waals surface area contributed by atoms with Gasteiger partial charge in [0.25, 0.3) is 11.7 Å². The fourth-order valence-corrected chi connectivity index (χ4v) is 4.43. The Kier molecular flexibility index (Phi) is 6.86. The van der Waals surface area contributed by atoms with Gasteiger partial charge in [-0.15, -0.1) is 0 Å². The van der Waals surface area contributed by atoms with Gasteiger partial charge in [0.15, 0.2) is 0 Å². The van der Waals surface area contributed by atoms with E-state index in [4.69, 9.17) is 21.1 Å². The highest BCUT2D eigenvalue weighted by molar-refractivity contribution is 6.51. The highest BCUT2D eigenvalue weighted by Crippen LogP contribution is 2.43. The van der Waals surface area contributed by atoms with Gasteiger partial charge >= 0.3 is 5.97 Å². The van der Waals surface area contributed by atoms with Crippen molar-refractivity contribution in [1.29, 1.82) is 0 Å². The number of carbonyl (C=O) groups is 3. The standard InChI is InChI=1S/C28H24ClNO6/c1-15-8-10-20(12-16(15)2)30-25(18-6-5-7-21(13-18)36-17(3)31)24(27(33)28(30)34)26(32)19-9-11-23(35-4)22(29)14-19/h5-14,25,32H,1-4H3/b26-24+. The van der Waals surface area contributed by atoms with Crippen molar-refractivity contribution >= 4 is 40.7 Å². The Bertz CT molecular complexity index is 1430. The number of hydrogen-bond acceptors (Lipinski definition) is 6. The summed E-state index contributed by atoms with van der Waals surface area (Å²) in [7, 11) is 1.46. The second-order valence-corrected chi connectivity index (χ2v) is 8.86. The molecular weight excluding hydrogens is 482 g/mol. The van der Waals surface area contributed by atoms with Gasteiger partial charge in [0.2, 0.25) is 0 Å². The van der Waals surface area contributed by atoms with E-state index in [9.17, 15) is 19.5 Å². The van der Waals surface area contributed by atoms with Gasteiger partial charge < -0.3 is 14.6 Å². The second kappa shape index (κ2) is 9.87. The number of halogens is 1. The van der Waals surface area contributed by atoms with E-state index in [0.717, 1.165) is 11.1 Å². The Morgan fingerprint density at radius 2 is 1.75 bits per heavy atom. The van der Waals surface area contributed by atoms with E-state index in [-0.39, 0.29) is 27.7 Å². The first kappa shape index (κ1) is 25.0. The van der Waals surface area contributed by atoms with Crippen molar-refractivity contribution in [1.82, 2.24) is 0 Å². The molecule has 0 aliphatic carbocycles. The van der Waals surface area contributed by atoms with Gasteiger partial charge in [0, 0.05) is 18.2 Å². The third kappa shape index (κ3) is 4.57. The second-order valence-electron chi connectivity index (χ2n) is 8.45. The molecule has 1 amide bonds. The molecule has 8 heteroatoms. The Morgan fingerprint density at radius 3 is 2.39 bits per heavy atom. The van der Waals surface area contributed by atoms with E-state index in [1.54, 1.807) is 42.5 Å². The topological polar surface area (TPSA) is 93.1 Å².